The number of hydrogen-bond donors (Lipinski definition) is 1. The van der Waals surface area contributed by atoms with Crippen molar-refractivity contribution in [1.82, 2.24) is 9.80 Å². The molecule has 1 aromatic carbocycles. The van der Waals surface area contributed by atoms with Crippen molar-refractivity contribution in [2.45, 2.75) is 40.7 Å². The van der Waals surface area contributed by atoms with Crippen LogP contribution < -0.4 is 10.2 Å². The second kappa shape index (κ2) is 10.8. The van der Waals surface area contributed by atoms with Gasteiger partial charge in [-0.05, 0) is 65.9 Å². The third-order valence-electron chi connectivity index (χ3n) is 4.38. The summed E-state index contributed by atoms with van der Waals surface area (Å²) in [5.74, 6) is -0.0770. The SMILES string of the molecule is CCN(CC)C(=O)CN(C)CC(=O)Nc1ccc(N(CC)C(C)C)cc1. The first kappa shape index (κ1) is 22.0. The zero-order chi connectivity index (χ0) is 19.7. The minimum absolute atomic E-state index is 0.0444. The smallest absolute Gasteiger partial charge is 0.238 e. The van der Waals surface area contributed by atoms with E-state index in [1.54, 1.807) is 16.8 Å². The van der Waals surface area contributed by atoms with Crippen molar-refractivity contribution in [3.8, 4) is 0 Å². The van der Waals surface area contributed by atoms with Crippen LogP contribution in [0, 0.1) is 0 Å². The van der Waals surface area contributed by atoms with Crippen LogP contribution in [0.25, 0.3) is 0 Å². The first-order chi connectivity index (χ1) is 12.3. The summed E-state index contributed by atoms with van der Waals surface area (Å²) in [6, 6.07) is 8.30. The molecule has 146 valence electrons. The summed E-state index contributed by atoms with van der Waals surface area (Å²) in [5, 5.41) is 2.89. The Morgan fingerprint density at radius 2 is 1.54 bits per heavy atom. The lowest BCUT2D eigenvalue weighted by atomic mass is 10.2. The van der Waals surface area contributed by atoms with Crippen molar-refractivity contribution in [1.29, 1.82) is 0 Å². The molecular formula is C20H34N4O2. The molecule has 26 heavy (non-hydrogen) atoms. The van der Waals surface area contributed by atoms with Gasteiger partial charge in [0.1, 0.15) is 0 Å². The molecular weight excluding hydrogens is 328 g/mol. The second-order valence-electron chi connectivity index (χ2n) is 6.71. The van der Waals surface area contributed by atoms with Gasteiger partial charge in [-0.15, -0.1) is 0 Å². The Balaban J connectivity index is 2.56. The topological polar surface area (TPSA) is 55.9 Å². The van der Waals surface area contributed by atoms with Gasteiger partial charge >= 0.3 is 0 Å². The van der Waals surface area contributed by atoms with Crippen LogP contribution >= 0.6 is 0 Å². The molecule has 0 bridgehead atoms. The van der Waals surface area contributed by atoms with E-state index in [0.29, 0.717) is 19.1 Å². The third-order valence-corrected chi connectivity index (χ3v) is 4.38. The van der Waals surface area contributed by atoms with Crippen LogP contribution in [0.3, 0.4) is 0 Å². The number of nitrogens with zero attached hydrogens (tertiary/aromatic N) is 3. The third kappa shape index (κ3) is 6.67. The Hall–Kier alpha value is -2.08. The van der Waals surface area contributed by atoms with Gasteiger partial charge in [-0.25, -0.2) is 0 Å². The molecule has 1 rings (SSSR count). The molecule has 0 atom stereocenters. The number of anilines is 2. The summed E-state index contributed by atoms with van der Waals surface area (Å²) in [5.41, 5.74) is 1.91. The highest BCUT2D eigenvalue weighted by Gasteiger charge is 2.15. The highest BCUT2D eigenvalue weighted by Crippen LogP contribution is 2.19. The molecule has 0 aliphatic rings. The van der Waals surface area contributed by atoms with Crippen LogP contribution in [-0.4, -0.2) is 67.4 Å². The lowest BCUT2D eigenvalue weighted by molar-refractivity contribution is -0.132. The number of carbonyl (C=O) groups is 2. The normalized spacial score (nSPS) is 10.9. The number of nitrogens with one attached hydrogen (secondary N) is 1. The van der Waals surface area contributed by atoms with Crippen LogP contribution in [0.15, 0.2) is 24.3 Å². The maximum Gasteiger partial charge on any atom is 0.238 e. The molecule has 0 heterocycles. The van der Waals surface area contributed by atoms with Crippen LogP contribution in [0.4, 0.5) is 11.4 Å². The van der Waals surface area contributed by atoms with E-state index in [4.69, 9.17) is 0 Å². The van der Waals surface area contributed by atoms with E-state index in [1.807, 2.05) is 38.1 Å². The molecule has 6 nitrogen and oxygen atoms in total. The number of rotatable bonds is 10. The maximum absolute atomic E-state index is 12.2. The minimum Gasteiger partial charge on any atom is -0.369 e. The summed E-state index contributed by atoms with van der Waals surface area (Å²) in [4.78, 5) is 30.1. The quantitative estimate of drug-likeness (QED) is 0.695. The van der Waals surface area contributed by atoms with E-state index in [2.05, 4.69) is 31.0 Å². The number of carbonyl (C=O) groups excluding carboxylic acids is 2. The predicted molar refractivity (Wildman–Crippen MR) is 109 cm³/mol. The van der Waals surface area contributed by atoms with Gasteiger partial charge in [0.15, 0.2) is 0 Å². The van der Waals surface area contributed by atoms with Crippen molar-refractivity contribution in [3.63, 3.8) is 0 Å². The lowest BCUT2D eigenvalue weighted by Crippen LogP contribution is -2.41. The Kier molecular flexibility index (Phi) is 9.13. The molecule has 1 N–H and O–H groups in total. The summed E-state index contributed by atoms with van der Waals surface area (Å²) in [7, 11) is 1.78. The molecule has 0 unspecified atom stereocenters. The van der Waals surface area contributed by atoms with E-state index in [9.17, 15) is 9.59 Å². The Morgan fingerprint density at radius 1 is 0.962 bits per heavy atom. The largest absolute Gasteiger partial charge is 0.369 e. The molecule has 0 aromatic heterocycles. The van der Waals surface area contributed by atoms with Gasteiger partial charge in [0.25, 0.3) is 0 Å². The van der Waals surface area contributed by atoms with Crippen molar-refractivity contribution in [2.75, 3.05) is 50.0 Å². The highest BCUT2D eigenvalue weighted by molar-refractivity contribution is 5.92. The van der Waals surface area contributed by atoms with Crippen molar-refractivity contribution in [2.24, 2.45) is 0 Å². The predicted octanol–water partition coefficient (Wildman–Crippen LogP) is 2.66. The average Bonchev–Trinajstić information content (AvgIpc) is 2.57. The first-order valence-corrected chi connectivity index (χ1v) is 9.45. The van der Waals surface area contributed by atoms with E-state index in [1.165, 1.54) is 0 Å². The van der Waals surface area contributed by atoms with Gasteiger partial charge in [0.05, 0.1) is 13.1 Å². The molecule has 0 aliphatic heterocycles. The fraction of sp³-hybridized carbons (Fsp3) is 0.600. The van der Waals surface area contributed by atoms with Crippen molar-refractivity contribution in [3.05, 3.63) is 24.3 Å². The molecule has 0 saturated carbocycles. The molecule has 6 heteroatoms. The van der Waals surface area contributed by atoms with Gasteiger partial charge < -0.3 is 15.1 Å². The monoisotopic (exact) mass is 362 g/mol. The van der Waals surface area contributed by atoms with E-state index in [0.717, 1.165) is 17.9 Å². The number of hydrogen-bond acceptors (Lipinski definition) is 4. The second-order valence-corrected chi connectivity index (χ2v) is 6.71. The van der Waals surface area contributed by atoms with Crippen LogP contribution in [0.2, 0.25) is 0 Å². The zero-order valence-corrected chi connectivity index (χ0v) is 17.1. The summed E-state index contributed by atoms with van der Waals surface area (Å²) in [6.07, 6.45) is 0. The van der Waals surface area contributed by atoms with Gasteiger partial charge in [-0.1, -0.05) is 0 Å². The minimum atomic E-state index is -0.121. The molecule has 0 spiro atoms. The van der Waals surface area contributed by atoms with Gasteiger partial charge in [0, 0.05) is 37.1 Å². The zero-order valence-electron chi connectivity index (χ0n) is 17.1. The molecule has 1 aromatic rings. The molecule has 0 aliphatic carbocycles. The van der Waals surface area contributed by atoms with Gasteiger partial charge in [-0.2, -0.15) is 0 Å². The fourth-order valence-corrected chi connectivity index (χ4v) is 2.99. The number of amides is 2. The van der Waals surface area contributed by atoms with Gasteiger partial charge in [0.2, 0.25) is 11.8 Å². The fourth-order valence-electron chi connectivity index (χ4n) is 2.99. The molecule has 0 saturated heterocycles. The highest BCUT2D eigenvalue weighted by atomic mass is 16.2. The number of likely N-dealkylation sites (N-methyl/N-ethyl adjacent to an activating group) is 2. The van der Waals surface area contributed by atoms with E-state index >= 15 is 0 Å². The molecule has 2 amide bonds. The Labute approximate surface area is 158 Å². The Bertz CT molecular complexity index is 568. The summed E-state index contributed by atoms with van der Waals surface area (Å²) >= 11 is 0. The Morgan fingerprint density at radius 3 is 2.00 bits per heavy atom. The van der Waals surface area contributed by atoms with Crippen LogP contribution in [0.1, 0.15) is 34.6 Å². The van der Waals surface area contributed by atoms with E-state index < -0.39 is 0 Å². The molecule has 0 fully saturated rings. The van der Waals surface area contributed by atoms with Crippen LogP contribution in [-0.2, 0) is 9.59 Å². The number of benzene rings is 1. The summed E-state index contributed by atoms with van der Waals surface area (Å²) in [6.45, 7) is 13.1. The lowest BCUT2D eigenvalue weighted by Gasteiger charge is -2.27. The average molecular weight is 363 g/mol. The van der Waals surface area contributed by atoms with Crippen molar-refractivity contribution < 1.29 is 9.59 Å². The molecule has 0 radical (unpaired) electrons. The standard InChI is InChI=1S/C20H34N4O2/c1-7-23(8-2)20(26)15-22(6)14-19(25)21-17-10-12-18(13-11-17)24(9-3)16(4)5/h10-13,16H,7-9,14-15H2,1-6H3,(H,21,25). The van der Waals surface area contributed by atoms with Gasteiger partial charge in [-0.3, -0.25) is 14.5 Å². The van der Waals surface area contributed by atoms with E-state index in [-0.39, 0.29) is 24.9 Å². The maximum atomic E-state index is 12.2. The van der Waals surface area contributed by atoms with Crippen LogP contribution in [0.5, 0.6) is 0 Å². The van der Waals surface area contributed by atoms with Crippen molar-refractivity contribution >= 4 is 23.2 Å². The first-order valence-electron chi connectivity index (χ1n) is 9.45. The summed E-state index contributed by atoms with van der Waals surface area (Å²) < 4.78 is 0.